The van der Waals surface area contributed by atoms with Gasteiger partial charge in [-0.25, -0.2) is 0 Å². The fourth-order valence-electron chi connectivity index (χ4n) is 2.41. The topological polar surface area (TPSA) is 100 Å². The van der Waals surface area contributed by atoms with Crippen molar-refractivity contribution in [1.82, 2.24) is 5.32 Å². The first-order valence-corrected chi connectivity index (χ1v) is 9.56. The highest BCUT2D eigenvalue weighted by atomic mass is 32.1. The van der Waals surface area contributed by atoms with Crippen LogP contribution in [0.5, 0.6) is 0 Å². The molecular formula is C20H19N3O4S. The van der Waals surface area contributed by atoms with Gasteiger partial charge in [-0.05, 0) is 54.3 Å². The largest absolute Gasteiger partial charge is 0.459 e. The summed E-state index contributed by atoms with van der Waals surface area (Å²) in [5.41, 5.74) is 1.22. The number of hydrogen-bond donors (Lipinski definition) is 3. The molecule has 1 aromatic carbocycles. The molecule has 0 saturated carbocycles. The normalized spacial score (nSPS) is 10.3. The summed E-state index contributed by atoms with van der Waals surface area (Å²) in [7, 11) is 0. The number of anilines is 2. The van der Waals surface area contributed by atoms with Crippen LogP contribution in [0.3, 0.4) is 0 Å². The summed E-state index contributed by atoms with van der Waals surface area (Å²) in [4.78, 5) is 36.3. The van der Waals surface area contributed by atoms with E-state index in [4.69, 9.17) is 4.42 Å². The molecule has 0 unspecified atom stereocenters. The van der Waals surface area contributed by atoms with Crippen molar-refractivity contribution in [2.45, 2.75) is 12.8 Å². The van der Waals surface area contributed by atoms with Gasteiger partial charge in [0, 0.05) is 24.3 Å². The van der Waals surface area contributed by atoms with E-state index < -0.39 is 0 Å². The standard InChI is InChI=1S/C20H19N3O4S/c24-18(6-1-11-21-20(26)17-5-3-13-28-17)22-14-7-9-15(10-8-14)23-19(25)16-4-2-12-27-16/h2-5,7-10,12-13H,1,6,11H2,(H,21,26)(H,22,24)(H,23,25). The van der Waals surface area contributed by atoms with Gasteiger partial charge in [0.05, 0.1) is 11.1 Å². The van der Waals surface area contributed by atoms with Gasteiger partial charge in [0.15, 0.2) is 5.76 Å². The molecule has 0 atom stereocenters. The molecule has 3 aromatic rings. The number of thiophene rings is 1. The van der Waals surface area contributed by atoms with Gasteiger partial charge in [-0.2, -0.15) is 0 Å². The van der Waals surface area contributed by atoms with Gasteiger partial charge in [0.25, 0.3) is 11.8 Å². The molecule has 7 nitrogen and oxygen atoms in total. The molecule has 0 spiro atoms. The van der Waals surface area contributed by atoms with E-state index in [1.54, 1.807) is 42.5 Å². The van der Waals surface area contributed by atoms with Crippen molar-refractivity contribution in [3.05, 3.63) is 70.8 Å². The minimum absolute atomic E-state index is 0.123. The molecule has 0 saturated heterocycles. The van der Waals surface area contributed by atoms with Gasteiger partial charge in [0.2, 0.25) is 5.91 Å². The van der Waals surface area contributed by atoms with Crippen molar-refractivity contribution in [3.8, 4) is 0 Å². The van der Waals surface area contributed by atoms with Crippen LogP contribution in [-0.2, 0) is 4.79 Å². The lowest BCUT2D eigenvalue weighted by atomic mass is 10.2. The third-order valence-corrected chi connectivity index (χ3v) is 4.65. The van der Waals surface area contributed by atoms with Crippen LogP contribution in [0.1, 0.15) is 33.1 Å². The molecule has 8 heteroatoms. The molecule has 0 aliphatic carbocycles. The maximum absolute atomic E-state index is 12.0. The molecule has 144 valence electrons. The summed E-state index contributed by atoms with van der Waals surface area (Å²) >= 11 is 1.38. The van der Waals surface area contributed by atoms with Crippen LogP contribution >= 0.6 is 11.3 Å². The van der Waals surface area contributed by atoms with Gasteiger partial charge in [0.1, 0.15) is 0 Å². The Bertz CT molecular complexity index is 919. The number of benzene rings is 1. The Morgan fingerprint density at radius 3 is 2.29 bits per heavy atom. The van der Waals surface area contributed by atoms with Crippen LogP contribution in [0.25, 0.3) is 0 Å². The monoisotopic (exact) mass is 397 g/mol. The molecule has 2 heterocycles. The maximum Gasteiger partial charge on any atom is 0.291 e. The molecule has 2 aromatic heterocycles. The number of amides is 3. The predicted molar refractivity (Wildman–Crippen MR) is 108 cm³/mol. The second kappa shape index (κ2) is 9.52. The second-order valence-electron chi connectivity index (χ2n) is 5.89. The smallest absolute Gasteiger partial charge is 0.291 e. The summed E-state index contributed by atoms with van der Waals surface area (Å²) in [6.07, 6.45) is 2.27. The molecule has 3 rings (SSSR count). The number of furan rings is 1. The Kier molecular flexibility index (Phi) is 6.59. The Labute approximate surface area is 165 Å². The number of carbonyl (C=O) groups is 3. The summed E-state index contributed by atoms with van der Waals surface area (Å²) < 4.78 is 5.03. The quantitative estimate of drug-likeness (QED) is 0.504. The van der Waals surface area contributed by atoms with Gasteiger partial charge in [-0.3, -0.25) is 14.4 Å². The van der Waals surface area contributed by atoms with Gasteiger partial charge in [-0.15, -0.1) is 11.3 Å². The Morgan fingerprint density at radius 2 is 1.64 bits per heavy atom. The summed E-state index contributed by atoms with van der Waals surface area (Å²) in [5, 5.41) is 10.1. The van der Waals surface area contributed by atoms with E-state index in [0.717, 1.165) is 0 Å². The van der Waals surface area contributed by atoms with E-state index in [1.807, 2.05) is 11.4 Å². The van der Waals surface area contributed by atoms with E-state index >= 15 is 0 Å². The highest BCUT2D eigenvalue weighted by molar-refractivity contribution is 7.12. The van der Waals surface area contributed by atoms with Crippen LogP contribution in [0.15, 0.2) is 64.6 Å². The molecule has 0 aliphatic heterocycles. The first-order chi connectivity index (χ1) is 13.6. The first-order valence-electron chi connectivity index (χ1n) is 8.68. The highest BCUT2D eigenvalue weighted by Crippen LogP contribution is 2.15. The number of nitrogens with one attached hydrogen (secondary N) is 3. The zero-order valence-electron chi connectivity index (χ0n) is 14.9. The van der Waals surface area contributed by atoms with E-state index in [0.29, 0.717) is 35.6 Å². The fourth-order valence-corrected chi connectivity index (χ4v) is 3.05. The maximum atomic E-state index is 12.0. The van der Waals surface area contributed by atoms with Crippen LogP contribution in [-0.4, -0.2) is 24.3 Å². The Hall–Kier alpha value is -3.39. The summed E-state index contributed by atoms with van der Waals surface area (Å²) in [6.45, 7) is 0.432. The second-order valence-corrected chi connectivity index (χ2v) is 6.84. The molecule has 0 aliphatic rings. The zero-order chi connectivity index (χ0) is 19.8. The van der Waals surface area contributed by atoms with Crippen molar-refractivity contribution >= 4 is 40.4 Å². The van der Waals surface area contributed by atoms with E-state index in [-0.39, 0.29) is 23.5 Å². The van der Waals surface area contributed by atoms with Crippen LogP contribution in [0.2, 0.25) is 0 Å². The Balaban J connectivity index is 1.38. The average molecular weight is 397 g/mol. The minimum atomic E-state index is -0.341. The molecular weight excluding hydrogens is 378 g/mol. The number of rotatable bonds is 8. The van der Waals surface area contributed by atoms with Crippen molar-refractivity contribution in [2.75, 3.05) is 17.2 Å². The molecule has 0 radical (unpaired) electrons. The molecule has 3 amide bonds. The Morgan fingerprint density at radius 1 is 0.893 bits per heavy atom. The number of carbonyl (C=O) groups excluding carboxylic acids is 3. The fraction of sp³-hybridized carbons (Fsp3) is 0.150. The van der Waals surface area contributed by atoms with Gasteiger partial charge in [-0.1, -0.05) is 6.07 Å². The van der Waals surface area contributed by atoms with Crippen molar-refractivity contribution in [3.63, 3.8) is 0 Å². The summed E-state index contributed by atoms with van der Waals surface area (Å²) in [6, 6.07) is 13.6. The van der Waals surface area contributed by atoms with E-state index in [1.165, 1.54) is 17.6 Å². The lowest BCUT2D eigenvalue weighted by Crippen LogP contribution is -2.24. The predicted octanol–water partition coefficient (Wildman–Crippen LogP) is 3.74. The van der Waals surface area contributed by atoms with E-state index in [2.05, 4.69) is 16.0 Å². The lowest BCUT2D eigenvalue weighted by molar-refractivity contribution is -0.116. The van der Waals surface area contributed by atoms with Crippen LogP contribution in [0, 0.1) is 0 Å². The third kappa shape index (κ3) is 5.55. The van der Waals surface area contributed by atoms with Crippen LogP contribution in [0.4, 0.5) is 11.4 Å². The SMILES string of the molecule is O=C(CCCNC(=O)c1cccs1)Nc1ccc(NC(=O)c2ccco2)cc1. The van der Waals surface area contributed by atoms with Crippen molar-refractivity contribution < 1.29 is 18.8 Å². The molecule has 0 bridgehead atoms. The number of hydrogen-bond acceptors (Lipinski definition) is 5. The third-order valence-electron chi connectivity index (χ3n) is 3.78. The first kappa shape index (κ1) is 19.4. The summed E-state index contributed by atoms with van der Waals surface area (Å²) in [5.74, 6) is -0.379. The molecule has 28 heavy (non-hydrogen) atoms. The zero-order valence-corrected chi connectivity index (χ0v) is 15.8. The van der Waals surface area contributed by atoms with Gasteiger partial charge >= 0.3 is 0 Å². The highest BCUT2D eigenvalue weighted by Gasteiger charge is 2.09. The average Bonchev–Trinajstić information content (AvgIpc) is 3.40. The molecule has 0 fully saturated rings. The van der Waals surface area contributed by atoms with Crippen LogP contribution < -0.4 is 16.0 Å². The minimum Gasteiger partial charge on any atom is -0.459 e. The molecule has 3 N–H and O–H groups in total. The van der Waals surface area contributed by atoms with Gasteiger partial charge < -0.3 is 20.4 Å². The van der Waals surface area contributed by atoms with Crippen molar-refractivity contribution in [1.29, 1.82) is 0 Å². The lowest BCUT2D eigenvalue weighted by Gasteiger charge is -2.08. The van der Waals surface area contributed by atoms with Crippen molar-refractivity contribution in [2.24, 2.45) is 0 Å². The van der Waals surface area contributed by atoms with E-state index in [9.17, 15) is 14.4 Å².